The average molecular weight is 660 g/mol. The van der Waals surface area contributed by atoms with E-state index in [1.54, 1.807) is 0 Å². The van der Waals surface area contributed by atoms with Gasteiger partial charge in [0.15, 0.2) is 17.5 Å². The number of furan rings is 1. The molecule has 0 amide bonds. The molecule has 0 atom stereocenters. The van der Waals surface area contributed by atoms with Crippen LogP contribution in [0, 0.1) is 0 Å². The maximum atomic E-state index is 6.16. The summed E-state index contributed by atoms with van der Waals surface area (Å²) in [6.45, 7) is 0. The first-order valence-electron chi connectivity index (χ1n) is 16.9. The van der Waals surface area contributed by atoms with Crippen molar-refractivity contribution in [2.24, 2.45) is 0 Å². The van der Waals surface area contributed by atoms with Gasteiger partial charge in [-0.15, -0.1) is 11.3 Å². The Labute approximate surface area is 293 Å². The van der Waals surface area contributed by atoms with E-state index in [4.69, 9.17) is 19.4 Å². The van der Waals surface area contributed by atoms with Crippen molar-refractivity contribution in [1.82, 2.24) is 15.0 Å². The van der Waals surface area contributed by atoms with Gasteiger partial charge in [-0.2, -0.15) is 0 Å². The second-order valence-corrected chi connectivity index (χ2v) is 13.8. The molecule has 0 fully saturated rings. The van der Waals surface area contributed by atoms with E-state index in [9.17, 15) is 0 Å². The summed E-state index contributed by atoms with van der Waals surface area (Å²) in [5.74, 6) is 1.96. The molecule has 0 saturated heterocycles. The molecule has 0 unspecified atom stereocenters. The monoisotopic (exact) mass is 659 g/mol. The third kappa shape index (κ3) is 4.94. The topological polar surface area (TPSA) is 51.8 Å². The molecular formula is C45H29N3OS. The number of rotatable bonds is 5. The quantitative estimate of drug-likeness (QED) is 0.184. The van der Waals surface area contributed by atoms with Crippen molar-refractivity contribution in [2.45, 2.75) is 12.8 Å². The predicted octanol–water partition coefficient (Wildman–Crippen LogP) is 12.3. The fraction of sp³-hybridized carbons (Fsp3) is 0.0444. The van der Waals surface area contributed by atoms with Crippen LogP contribution in [0.5, 0.6) is 0 Å². The summed E-state index contributed by atoms with van der Waals surface area (Å²) in [5, 5.41) is 3.37. The van der Waals surface area contributed by atoms with Gasteiger partial charge < -0.3 is 4.42 Å². The van der Waals surface area contributed by atoms with Crippen molar-refractivity contribution >= 4 is 49.4 Å². The van der Waals surface area contributed by atoms with E-state index < -0.39 is 0 Å². The zero-order valence-corrected chi connectivity index (χ0v) is 27.8. The van der Waals surface area contributed by atoms with Crippen molar-refractivity contribution in [1.29, 1.82) is 0 Å². The van der Waals surface area contributed by atoms with E-state index >= 15 is 0 Å². The van der Waals surface area contributed by atoms with Gasteiger partial charge in [0, 0.05) is 42.4 Å². The number of hydrogen-bond donors (Lipinski definition) is 0. The van der Waals surface area contributed by atoms with Crippen LogP contribution < -0.4 is 0 Å². The van der Waals surface area contributed by atoms with Crippen LogP contribution in [0.4, 0.5) is 0 Å². The Morgan fingerprint density at radius 3 is 1.98 bits per heavy atom. The Kier molecular flexibility index (Phi) is 6.78. The zero-order valence-electron chi connectivity index (χ0n) is 27.0. The van der Waals surface area contributed by atoms with E-state index in [1.807, 2.05) is 41.7 Å². The lowest BCUT2D eigenvalue weighted by Gasteiger charge is -2.12. The molecule has 5 heteroatoms. The maximum Gasteiger partial charge on any atom is 0.164 e. The minimum atomic E-state index is 0.634. The molecule has 0 aliphatic heterocycles. The fourth-order valence-electron chi connectivity index (χ4n) is 7.18. The molecule has 0 N–H and O–H groups in total. The lowest BCUT2D eigenvalue weighted by Crippen LogP contribution is -2.01. The van der Waals surface area contributed by atoms with Gasteiger partial charge in [-0.05, 0) is 89.2 Å². The molecule has 3 aromatic heterocycles. The molecule has 236 valence electrons. The van der Waals surface area contributed by atoms with Gasteiger partial charge in [0.2, 0.25) is 0 Å². The standard InChI is InChI=1S/C45H29N3OS/c1-2-11-28(12-3-1)29-13-8-14-30(25-29)31-15-9-16-32(26-31)43-46-44(33-23-24-39-37(27-33)34-17-4-6-20-38(34)49-39)48-45(47-43)36-19-10-22-41-42(36)35-18-5-7-21-40(35)50-41/h1-4,6-17,19-27H,5,18H2. The second kappa shape index (κ2) is 11.8. The molecule has 1 aliphatic rings. The van der Waals surface area contributed by atoms with Crippen LogP contribution in [-0.2, 0) is 6.42 Å². The largest absolute Gasteiger partial charge is 0.456 e. The number of nitrogens with zero attached hydrogens (tertiary/aromatic N) is 3. The maximum absolute atomic E-state index is 6.16. The van der Waals surface area contributed by atoms with Crippen LogP contribution in [0.25, 0.3) is 94.5 Å². The van der Waals surface area contributed by atoms with Crippen molar-refractivity contribution in [2.75, 3.05) is 0 Å². The van der Waals surface area contributed by atoms with Gasteiger partial charge in [-0.3, -0.25) is 0 Å². The smallest absolute Gasteiger partial charge is 0.164 e. The minimum absolute atomic E-state index is 0.634. The van der Waals surface area contributed by atoms with Crippen LogP contribution in [0.15, 0.2) is 150 Å². The molecule has 9 aromatic rings. The zero-order chi connectivity index (χ0) is 33.0. The number of allylic oxidation sites excluding steroid dienone is 1. The number of aryl methyl sites for hydroxylation is 1. The molecular weight excluding hydrogens is 631 g/mol. The Hall–Kier alpha value is -6.17. The van der Waals surface area contributed by atoms with Crippen LogP contribution in [0.3, 0.4) is 0 Å². The van der Waals surface area contributed by atoms with Gasteiger partial charge in [-0.25, -0.2) is 15.0 Å². The highest BCUT2D eigenvalue weighted by Gasteiger charge is 2.20. The highest BCUT2D eigenvalue weighted by atomic mass is 32.1. The van der Waals surface area contributed by atoms with Crippen LogP contribution >= 0.6 is 11.3 Å². The van der Waals surface area contributed by atoms with Crippen LogP contribution in [-0.4, -0.2) is 15.0 Å². The molecule has 50 heavy (non-hydrogen) atoms. The number of benzene rings is 6. The van der Waals surface area contributed by atoms with Crippen molar-refractivity contribution < 1.29 is 4.42 Å². The molecule has 10 rings (SSSR count). The van der Waals surface area contributed by atoms with E-state index in [-0.39, 0.29) is 0 Å². The number of thiophene rings is 1. The van der Waals surface area contributed by atoms with Gasteiger partial charge >= 0.3 is 0 Å². The van der Waals surface area contributed by atoms with E-state index in [0.29, 0.717) is 17.5 Å². The summed E-state index contributed by atoms with van der Waals surface area (Å²) >= 11 is 1.84. The second-order valence-electron chi connectivity index (χ2n) is 12.7. The molecule has 4 nitrogen and oxygen atoms in total. The van der Waals surface area contributed by atoms with Gasteiger partial charge in [0.05, 0.1) is 0 Å². The summed E-state index contributed by atoms with van der Waals surface area (Å²) in [4.78, 5) is 16.9. The Bertz CT molecular complexity index is 2770. The minimum Gasteiger partial charge on any atom is -0.456 e. The van der Waals surface area contributed by atoms with E-state index in [2.05, 4.69) is 121 Å². The summed E-state index contributed by atoms with van der Waals surface area (Å²) < 4.78 is 7.41. The Balaban J connectivity index is 1.16. The molecule has 0 saturated carbocycles. The molecule has 0 bridgehead atoms. The first-order valence-corrected chi connectivity index (χ1v) is 17.7. The lowest BCUT2D eigenvalue weighted by atomic mass is 9.97. The van der Waals surface area contributed by atoms with Crippen LogP contribution in [0.1, 0.15) is 16.9 Å². The molecule has 1 aliphatic carbocycles. The molecule has 3 heterocycles. The Morgan fingerprint density at radius 1 is 0.500 bits per heavy atom. The summed E-state index contributed by atoms with van der Waals surface area (Å²) in [6, 6.07) is 48.6. The third-order valence-corrected chi connectivity index (χ3v) is 10.8. The summed E-state index contributed by atoms with van der Waals surface area (Å²) in [6.07, 6.45) is 6.59. The van der Waals surface area contributed by atoms with E-state index in [1.165, 1.54) is 31.7 Å². The van der Waals surface area contributed by atoms with Crippen molar-refractivity contribution in [3.8, 4) is 56.4 Å². The van der Waals surface area contributed by atoms with Crippen molar-refractivity contribution in [3.05, 3.63) is 156 Å². The highest BCUT2D eigenvalue weighted by Crippen LogP contribution is 2.41. The first-order chi connectivity index (χ1) is 24.7. The summed E-state index contributed by atoms with van der Waals surface area (Å²) in [7, 11) is 0. The van der Waals surface area contributed by atoms with Gasteiger partial charge in [0.25, 0.3) is 0 Å². The first kappa shape index (κ1) is 28.8. The summed E-state index contributed by atoms with van der Waals surface area (Å²) in [5.41, 5.74) is 10.6. The average Bonchev–Trinajstić information content (AvgIpc) is 3.76. The van der Waals surface area contributed by atoms with Gasteiger partial charge in [0.1, 0.15) is 11.2 Å². The molecule has 0 spiro atoms. The SMILES string of the molecule is C1=Cc2sc3cccc(-c4nc(-c5cccc(-c6cccc(-c7ccccc7)c6)c5)nc(-c5ccc6oc7ccccc7c6c5)n4)c3c2CC1. The number of para-hydroxylation sites is 1. The number of fused-ring (bicyclic) bond motifs is 6. The van der Waals surface area contributed by atoms with Gasteiger partial charge in [-0.1, -0.05) is 103 Å². The van der Waals surface area contributed by atoms with E-state index in [0.717, 1.165) is 62.6 Å². The fourth-order valence-corrected chi connectivity index (χ4v) is 8.39. The number of aromatic nitrogens is 3. The molecule has 6 aromatic carbocycles. The Morgan fingerprint density at radius 2 is 1.14 bits per heavy atom. The molecule has 0 radical (unpaired) electrons. The third-order valence-electron chi connectivity index (χ3n) is 9.61. The predicted molar refractivity (Wildman–Crippen MR) is 207 cm³/mol. The highest BCUT2D eigenvalue weighted by molar-refractivity contribution is 7.20. The lowest BCUT2D eigenvalue weighted by molar-refractivity contribution is 0.669. The number of hydrogen-bond acceptors (Lipinski definition) is 5. The van der Waals surface area contributed by atoms with Crippen molar-refractivity contribution in [3.63, 3.8) is 0 Å². The van der Waals surface area contributed by atoms with Crippen LogP contribution in [0.2, 0.25) is 0 Å². The normalized spacial score (nSPS) is 12.6.